The van der Waals surface area contributed by atoms with E-state index in [-0.39, 0.29) is 11.4 Å². The molecule has 6 atom stereocenters. The summed E-state index contributed by atoms with van der Waals surface area (Å²) in [5, 5.41) is -0.328. The fourth-order valence-corrected chi connectivity index (χ4v) is 4.41. The van der Waals surface area contributed by atoms with Crippen LogP contribution in [0.3, 0.4) is 0 Å². The van der Waals surface area contributed by atoms with Crippen LogP contribution in [-0.4, -0.2) is 38.2 Å². The molecule has 2 rings (SSSR count). The molecule has 1 aromatic heterocycles. The molecule has 1 aromatic rings. The average Bonchev–Trinajstić information content (AvgIpc) is 2.87. The number of aromatic amines is 1. The molecule has 0 bridgehead atoms. The lowest BCUT2D eigenvalue weighted by molar-refractivity contribution is -0.0309. The quantitative estimate of drug-likeness (QED) is 0.465. The molecule has 1 saturated heterocycles. The number of halogens is 2. The van der Waals surface area contributed by atoms with E-state index in [0.717, 1.165) is 10.8 Å². The van der Waals surface area contributed by atoms with E-state index in [4.69, 9.17) is 26.1 Å². The normalized spacial score (nSPS) is 25.9. The largest absolute Gasteiger partial charge is 0.708 e. The third-order valence-corrected chi connectivity index (χ3v) is 6.46. The maximum atomic E-state index is 14.0. The first-order valence-corrected chi connectivity index (χ1v) is 10.9. The van der Waals surface area contributed by atoms with Gasteiger partial charge in [-0.05, 0) is 0 Å². The van der Waals surface area contributed by atoms with E-state index >= 15 is 0 Å². The first kappa shape index (κ1) is 22.4. The van der Waals surface area contributed by atoms with Gasteiger partial charge in [0.25, 0.3) is 5.56 Å². The third kappa shape index (κ3) is 6.30. The van der Waals surface area contributed by atoms with Crippen LogP contribution >= 0.6 is 35.9 Å². The molecule has 3 N–H and O–H groups in total. The molecule has 0 spiro atoms. The fourth-order valence-electron chi connectivity index (χ4n) is 2.03. The van der Waals surface area contributed by atoms with Gasteiger partial charge >= 0.3 is 30.0 Å². The van der Waals surface area contributed by atoms with Gasteiger partial charge in [0.05, 0.1) is 0 Å². The molecular formula is C9H11ClFN2O11P3+2. The van der Waals surface area contributed by atoms with Crippen molar-refractivity contribution in [2.24, 2.45) is 0 Å². The molecule has 0 aliphatic carbocycles. The maximum Gasteiger partial charge on any atom is 0.708 e. The zero-order valence-corrected chi connectivity index (χ0v) is 16.3. The van der Waals surface area contributed by atoms with E-state index in [9.17, 15) is 27.7 Å². The van der Waals surface area contributed by atoms with E-state index < -0.39 is 60.7 Å². The number of hydrogen-bond acceptors (Lipinski definition) is 9. The molecule has 0 saturated carbocycles. The molecule has 18 heteroatoms. The molecule has 150 valence electrons. The molecule has 27 heavy (non-hydrogen) atoms. The Morgan fingerprint density at radius 3 is 2.74 bits per heavy atom. The number of H-pyrrole nitrogens is 1. The lowest BCUT2D eigenvalue weighted by atomic mass is 10.2. The summed E-state index contributed by atoms with van der Waals surface area (Å²) in [5.74, 6) is 0. The van der Waals surface area contributed by atoms with E-state index in [1.807, 2.05) is 4.98 Å². The summed E-state index contributed by atoms with van der Waals surface area (Å²) in [6, 6.07) is 0. The number of hydrogen-bond donors (Lipinski definition) is 3. The molecule has 2 heterocycles. The molecule has 0 amide bonds. The third-order valence-electron chi connectivity index (χ3n) is 3.08. The Labute approximate surface area is 155 Å². The number of alkyl halides is 1. The van der Waals surface area contributed by atoms with Crippen LogP contribution < -0.4 is 11.2 Å². The van der Waals surface area contributed by atoms with Crippen LogP contribution in [0.25, 0.3) is 0 Å². The average molecular weight is 471 g/mol. The van der Waals surface area contributed by atoms with Crippen molar-refractivity contribution in [1.82, 2.24) is 9.55 Å². The highest BCUT2D eigenvalue weighted by atomic mass is 35.5. The Hall–Kier alpha value is -0.910. The van der Waals surface area contributed by atoms with Crippen molar-refractivity contribution >= 4 is 35.9 Å². The highest BCUT2D eigenvalue weighted by molar-refractivity contribution is 7.61. The lowest BCUT2D eigenvalue weighted by Gasteiger charge is -2.14. The van der Waals surface area contributed by atoms with Gasteiger partial charge < -0.3 is 4.74 Å². The van der Waals surface area contributed by atoms with Crippen molar-refractivity contribution in [3.05, 3.63) is 32.1 Å². The van der Waals surface area contributed by atoms with Crippen LogP contribution in [-0.2, 0) is 31.6 Å². The Kier molecular flexibility index (Phi) is 7.51. The van der Waals surface area contributed by atoms with Crippen LogP contribution in [0.4, 0.5) is 4.39 Å². The van der Waals surface area contributed by atoms with Crippen molar-refractivity contribution in [3.63, 3.8) is 0 Å². The van der Waals surface area contributed by atoms with E-state index in [2.05, 4.69) is 13.1 Å². The summed E-state index contributed by atoms with van der Waals surface area (Å²) in [6.45, 7) is -0.718. The minimum atomic E-state index is -5.13. The minimum absolute atomic E-state index is 0.328. The van der Waals surface area contributed by atoms with Crippen LogP contribution in [0.2, 0.25) is 5.02 Å². The predicted molar refractivity (Wildman–Crippen MR) is 85.1 cm³/mol. The number of nitrogens with zero attached hydrogens (tertiary/aromatic N) is 1. The Morgan fingerprint density at radius 2 is 2.11 bits per heavy atom. The highest BCUT2D eigenvalue weighted by Gasteiger charge is 2.46. The molecule has 13 nitrogen and oxygen atoms in total. The number of ether oxygens (including phenoxy) is 1. The summed E-state index contributed by atoms with van der Waals surface area (Å²) < 4.78 is 65.1. The monoisotopic (exact) mass is 470 g/mol. The number of nitrogens with one attached hydrogen (secondary N) is 1. The maximum absolute atomic E-state index is 14.0. The first-order chi connectivity index (χ1) is 12.5. The zero-order chi connectivity index (χ0) is 20.4. The second-order valence-corrected chi connectivity index (χ2v) is 8.75. The second kappa shape index (κ2) is 9.06. The van der Waals surface area contributed by atoms with Crippen LogP contribution in [0, 0.1) is 0 Å². The minimum Gasteiger partial charge on any atom is -0.349 e. The Morgan fingerprint density at radius 1 is 1.44 bits per heavy atom. The van der Waals surface area contributed by atoms with Gasteiger partial charge in [0, 0.05) is 30.4 Å². The fraction of sp³-hybridized carbons (Fsp3) is 0.556. The summed E-state index contributed by atoms with van der Waals surface area (Å²) >= 11 is 5.60. The number of phosphoric acid groups is 1. The van der Waals surface area contributed by atoms with Crippen LogP contribution in [0.15, 0.2) is 15.8 Å². The summed E-state index contributed by atoms with van der Waals surface area (Å²) in [4.78, 5) is 42.2. The van der Waals surface area contributed by atoms with E-state index in [0.29, 0.717) is 0 Å². The zero-order valence-electron chi connectivity index (χ0n) is 12.8. The van der Waals surface area contributed by atoms with Gasteiger partial charge in [-0.2, -0.15) is 0 Å². The SMILES string of the molecule is O=c1[nH]c(=O)n(C2CC(F)C(CO[P+](=O)OP(=O)(O)O[P+](=O)O)O2)cc1Cl. The van der Waals surface area contributed by atoms with Gasteiger partial charge in [-0.15, -0.1) is 9.42 Å². The number of aromatic nitrogens is 2. The molecule has 1 aliphatic heterocycles. The van der Waals surface area contributed by atoms with Crippen molar-refractivity contribution in [2.45, 2.75) is 24.9 Å². The molecular weight excluding hydrogens is 459 g/mol. The first-order valence-electron chi connectivity index (χ1n) is 6.77. The second-order valence-electron chi connectivity index (χ2n) is 4.91. The van der Waals surface area contributed by atoms with Gasteiger partial charge in [-0.1, -0.05) is 11.6 Å². The topological polar surface area (TPSA) is 183 Å². The van der Waals surface area contributed by atoms with Crippen molar-refractivity contribution in [1.29, 1.82) is 0 Å². The van der Waals surface area contributed by atoms with E-state index in [1.165, 1.54) is 0 Å². The van der Waals surface area contributed by atoms with Gasteiger partial charge in [0.2, 0.25) is 0 Å². The van der Waals surface area contributed by atoms with Crippen molar-refractivity contribution in [3.8, 4) is 0 Å². The van der Waals surface area contributed by atoms with Gasteiger partial charge in [-0.3, -0.25) is 19.2 Å². The molecule has 1 fully saturated rings. The van der Waals surface area contributed by atoms with Crippen LogP contribution in [0.5, 0.6) is 0 Å². The van der Waals surface area contributed by atoms with Gasteiger partial charge in [-0.25, -0.2) is 13.8 Å². The predicted octanol–water partition coefficient (Wildman–Crippen LogP) is 1.27. The molecule has 0 radical (unpaired) electrons. The number of rotatable bonds is 8. The molecule has 0 aromatic carbocycles. The molecule has 6 unspecified atom stereocenters. The van der Waals surface area contributed by atoms with Crippen molar-refractivity contribution < 1.29 is 45.8 Å². The smallest absolute Gasteiger partial charge is 0.349 e. The summed E-state index contributed by atoms with van der Waals surface area (Å²) in [7, 11) is -12.0. The van der Waals surface area contributed by atoms with Crippen LogP contribution in [0.1, 0.15) is 12.6 Å². The summed E-state index contributed by atoms with van der Waals surface area (Å²) in [6.07, 6.45) is -3.56. The van der Waals surface area contributed by atoms with E-state index in [1.54, 1.807) is 0 Å². The highest BCUT2D eigenvalue weighted by Crippen LogP contribution is 2.57. The lowest BCUT2D eigenvalue weighted by Crippen LogP contribution is -2.32. The Bertz CT molecular complexity index is 906. The summed E-state index contributed by atoms with van der Waals surface area (Å²) in [5.41, 5.74) is -1.73. The van der Waals surface area contributed by atoms with Gasteiger partial charge in [0.1, 0.15) is 30.1 Å². The Balaban J connectivity index is 1.96. The van der Waals surface area contributed by atoms with Gasteiger partial charge in [0.15, 0.2) is 0 Å². The standard InChI is InChI=1S/C9H9ClFN2O11P3/c10-4-2-13(9(15)12-8(4)14)7-1-5(11)6(22-7)3-21-26(18)24-27(19,20)23-25(16)17/h2,5-7H,1,3H2,(H-2,12,14,15,16,17,19,20)/p+2. The van der Waals surface area contributed by atoms with Crippen molar-refractivity contribution in [2.75, 3.05) is 6.61 Å². The molecule has 1 aliphatic rings.